The van der Waals surface area contributed by atoms with E-state index in [0.717, 1.165) is 47.0 Å². The second-order valence-electron chi connectivity index (χ2n) is 7.41. The summed E-state index contributed by atoms with van der Waals surface area (Å²) >= 11 is 6.08. The standard InChI is InChI=1S/C28H26ClNO/c1-4-23(27(5-2)20(3)31)11-7-10-21-8-6-9-22(18-21)12-16-26-17-14-24-13-15-25(29)19-28(24)30-26/h4-6,8-9,12-19H,1-2,7,10-11H2,3H3/b16-12+,27-23-. The van der Waals surface area contributed by atoms with Gasteiger partial charge in [0.2, 0.25) is 0 Å². The minimum atomic E-state index is 0.0293. The van der Waals surface area contributed by atoms with Crippen LogP contribution in [0.4, 0.5) is 0 Å². The Labute approximate surface area is 189 Å². The van der Waals surface area contributed by atoms with Crippen molar-refractivity contribution < 1.29 is 4.79 Å². The van der Waals surface area contributed by atoms with E-state index in [-0.39, 0.29) is 5.78 Å². The fourth-order valence-electron chi connectivity index (χ4n) is 3.56. The van der Waals surface area contributed by atoms with Gasteiger partial charge in [0.05, 0.1) is 11.2 Å². The zero-order valence-electron chi connectivity index (χ0n) is 17.8. The molecule has 0 amide bonds. The Kier molecular flexibility index (Phi) is 7.75. The maximum atomic E-state index is 11.7. The van der Waals surface area contributed by atoms with E-state index < -0.39 is 0 Å². The fourth-order valence-corrected chi connectivity index (χ4v) is 3.73. The van der Waals surface area contributed by atoms with Gasteiger partial charge < -0.3 is 0 Å². The molecule has 0 aliphatic carbocycles. The quantitative estimate of drug-likeness (QED) is 0.259. The molecule has 0 bridgehead atoms. The number of carbonyl (C=O) groups excluding carboxylic acids is 1. The van der Waals surface area contributed by atoms with Gasteiger partial charge >= 0.3 is 0 Å². The minimum Gasteiger partial charge on any atom is -0.295 e. The Morgan fingerprint density at radius 3 is 2.58 bits per heavy atom. The predicted octanol–water partition coefficient (Wildman–Crippen LogP) is 7.64. The van der Waals surface area contributed by atoms with Gasteiger partial charge in [-0.2, -0.15) is 0 Å². The summed E-state index contributed by atoms with van der Waals surface area (Å²) in [5, 5.41) is 1.76. The highest BCUT2D eigenvalue weighted by Crippen LogP contribution is 2.20. The van der Waals surface area contributed by atoms with Crippen LogP contribution in [0, 0.1) is 0 Å². The van der Waals surface area contributed by atoms with E-state index in [4.69, 9.17) is 11.6 Å². The smallest absolute Gasteiger partial charge is 0.160 e. The number of ketones is 1. The number of Topliss-reactive ketones (excluding diaryl/α,β-unsaturated/α-hetero) is 1. The number of halogens is 1. The van der Waals surface area contributed by atoms with Gasteiger partial charge in [0, 0.05) is 16.0 Å². The summed E-state index contributed by atoms with van der Waals surface area (Å²) in [6.45, 7) is 9.16. The molecule has 0 spiro atoms. The molecule has 0 aliphatic heterocycles. The van der Waals surface area contributed by atoms with Crippen molar-refractivity contribution >= 4 is 40.4 Å². The molecule has 2 nitrogen and oxygen atoms in total. The normalized spacial score (nSPS) is 12.1. The highest BCUT2D eigenvalue weighted by Gasteiger charge is 2.06. The fraction of sp³-hybridized carbons (Fsp3) is 0.143. The topological polar surface area (TPSA) is 30.0 Å². The summed E-state index contributed by atoms with van der Waals surface area (Å²) in [6.07, 6.45) is 10.1. The number of aromatic nitrogens is 1. The molecule has 156 valence electrons. The van der Waals surface area contributed by atoms with Crippen molar-refractivity contribution in [2.24, 2.45) is 0 Å². The summed E-state index contributed by atoms with van der Waals surface area (Å²) in [5.41, 5.74) is 5.78. The number of allylic oxidation sites excluding steroid dienone is 4. The van der Waals surface area contributed by atoms with E-state index in [1.54, 1.807) is 19.1 Å². The van der Waals surface area contributed by atoms with Crippen LogP contribution in [0.5, 0.6) is 0 Å². The Hall–Kier alpha value is -3.23. The molecule has 3 aromatic rings. The molecule has 3 rings (SSSR count). The molecular formula is C28H26ClNO. The third-order valence-electron chi connectivity index (χ3n) is 5.16. The third kappa shape index (κ3) is 6.13. The lowest BCUT2D eigenvalue weighted by molar-refractivity contribution is -0.113. The molecule has 0 unspecified atom stereocenters. The third-order valence-corrected chi connectivity index (χ3v) is 5.40. The zero-order valence-corrected chi connectivity index (χ0v) is 18.5. The molecule has 0 fully saturated rings. The van der Waals surface area contributed by atoms with Gasteiger partial charge in [0.15, 0.2) is 5.78 Å². The number of nitrogens with zero attached hydrogens (tertiary/aromatic N) is 1. The minimum absolute atomic E-state index is 0.0293. The van der Waals surface area contributed by atoms with Crippen molar-refractivity contribution in [3.8, 4) is 0 Å². The predicted molar refractivity (Wildman–Crippen MR) is 133 cm³/mol. The molecule has 0 saturated heterocycles. The van der Waals surface area contributed by atoms with Crippen molar-refractivity contribution in [3.63, 3.8) is 0 Å². The summed E-state index contributed by atoms with van der Waals surface area (Å²) in [7, 11) is 0. The zero-order chi connectivity index (χ0) is 22.2. The van der Waals surface area contributed by atoms with Crippen LogP contribution >= 0.6 is 11.6 Å². The monoisotopic (exact) mass is 427 g/mol. The van der Waals surface area contributed by atoms with Crippen LogP contribution in [-0.2, 0) is 11.2 Å². The average molecular weight is 428 g/mol. The molecule has 31 heavy (non-hydrogen) atoms. The highest BCUT2D eigenvalue weighted by molar-refractivity contribution is 6.31. The van der Waals surface area contributed by atoms with Gasteiger partial charge in [-0.1, -0.05) is 79.4 Å². The van der Waals surface area contributed by atoms with Crippen LogP contribution in [0.25, 0.3) is 23.1 Å². The molecule has 0 atom stereocenters. The second-order valence-corrected chi connectivity index (χ2v) is 7.84. The number of fused-ring (bicyclic) bond motifs is 1. The first-order valence-electron chi connectivity index (χ1n) is 10.3. The lowest BCUT2D eigenvalue weighted by Crippen LogP contribution is -1.98. The molecule has 1 aromatic heterocycles. The summed E-state index contributed by atoms with van der Waals surface area (Å²) in [4.78, 5) is 16.4. The number of aryl methyl sites for hydroxylation is 1. The van der Waals surface area contributed by atoms with E-state index in [1.165, 1.54) is 5.56 Å². The number of pyridine rings is 1. The van der Waals surface area contributed by atoms with Crippen LogP contribution in [-0.4, -0.2) is 10.8 Å². The summed E-state index contributed by atoms with van der Waals surface area (Å²) in [5.74, 6) is 0.0293. The van der Waals surface area contributed by atoms with E-state index in [2.05, 4.69) is 54.5 Å². The van der Waals surface area contributed by atoms with Crippen molar-refractivity contribution in [1.29, 1.82) is 0 Å². The first-order chi connectivity index (χ1) is 15.0. The summed E-state index contributed by atoms with van der Waals surface area (Å²) in [6, 6.07) is 18.3. The Bertz CT molecular complexity index is 1190. The lowest BCUT2D eigenvalue weighted by Gasteiger charge is -2.07. The van der Waals surface area contributed by atoms with Gasteiger partial charge in [-0.25, -0.2) is 4.98 Å². The van der Waals surface area contributed by atoms with Crippen molar-refractivity contribution in [2.75, 3.05) is 0 Å². The number of carbonyl (C=O) groups is 1. The van der Waals surface area contributed by atoms with Crippen LogP contribution in [0.1, 0.15) is 36.6 Å². The maximum absolute atomic E-state index is 11.7. The average Bonchev–Trinajstić information content (AvgIpc) is 2.76. The van der Waals surface area contributed by atoms with Crippen LogP contribution in [0.2, 0.25) is 5.02 Å². The van der Waals surface area contributed by atoms with Gasteiger partial charge in [0.1, 0.15) is 0 Å². The number of benzene rings is 2. The molecule has 0 aliphatic rings. The lowest BCUT2D eigenvalue weighted by atomic mass is 9.97. The van der Waals surface area contributed by atoms with E-state index in [0.29, 0.717) is 10.6 Å². The van der Waals surface area contributed by atoms with Crippen LogP contribution in [0.3, 0.4) is 0 Å². The van der Waals surface area contributed by atoms with Crippen molar-refractivity contribution in [2.45, 2.75) is 26.2 Å². The molecule has 0 N–H and O–H groups in total. The van der Waals surface area contributed by atoms with E-state index in [1.807, 2.05) is 30.3 Å². The molecular weight excluding hydrogens is 402 g/mol. The first kappa shape index (κ1) is 22.5. The molecule has 3 heteroatoms. The SMILES string of the molecule is C=C/C(CCCc1cccc(/C=C/c2ccc3ccc(Cl)cc3n2)c1)=C(\C=C)C(C)=O. The van der Waals surface area contributed by atoms with Crippen LogP contribution in [0.15, 0.2) is 91.1 Å². The van der Waals surface area contributed by atoms with Crippen molar-refractivity contribution in [1.82, 2.24) is 4.98 Å². The number of rotatable bonds is 9. The molecule has 2 aromatic carbocycles. The van der Waals surface area contributed by atoms with Gasteiger partial charge in [-0.05, 0) is 67.2 Å². The molecule has 0 saturated carbocycles. The highest BCUT2D eigenvalue weighted by atomic mass is 35.5. The van der Waals surface area contributed by atoms with Gasteiger partial charge in [0.25, 0.3) is 0 Å². The van der Waals surface area contributed by atoms with Crippen molar-refractivity contribution in [3.05, 3.63) is 113 Å². The Balaban J connectivity index is 1.68. The van der Waals surface area contributed by atoms with E-state index in [9.17, 15) is 4.79 Å². The van der Waals surface area contributed by atoms with E-state index >= 15 is 0 Å². The second kappa shape index (κ2) is 10.7. The number of hydrogen-bond donors (Lipinski definition) is 0. The van der Waals surface area contributed by atoms with Gasteiger partial charge in [-0.3, -0.25) is 4.79 Å². The maximum Gasteiger partial charge on any atom is 0.160 e. The first-order valence-corrected chi connectivity index (χ1v) is 10.7. The Morgan fingerprint density at radius 2 is 1.84 bits per heavy atom. The largest absolute Gasteiger partial charge is 0.295 e. The molecule has 0 radical (unpaired) electrons. The van der Waals surface area contributed by atoms with Crippen LogP contribution < -0.4 is 0 Å². The molecule has 1 heterocycles. The Morgan fingerprint density at radius 1 is 1.03 bits per heavy atom. The number of hydrogen-bond acceptors (Lipinski definition) is 2. The summed E-state index contributed by atoms with van der Waals surface area (Å²) < 4.78 is 0. The van der Waals surface area contributed by atoms with Gasteiger partial charge in [-0.15, -0.1) is 0 Å².